The molecule has 1 spiro atoms. The number of aryl methyl sites for hydroxylation is 2. The van der Waals surface area contributed by atoms with Gasteiger partial charge in [0, 0.05) is 22.4 Å². The lowest BCUT2D eigenvalue weighted by Crippen LogP contribution is -2.30. The molecule has 26 heavy (non-hydrogen) atoms. The molecule has 0 aliphatic carbocycles. The third-order valence-electron chi connectivity index (χ3n) is 5.07. The number of nitrogens with two attached hydrogens (primary N) is 1. The zero-order valence-corrected chi connectivity index (χ0v) is 14.4. The average Bonchev–Trinajstić information content (AvgIpc) is 2.91. The van der Waals surface area contributed by atoms with Crippen LogP contribution in [0, 0.1) is 19.8 Å². The fourth-order valence-electron chi connectivity index (χ4n) is 3.99. The van der Waals surface area contributed by atoms with Crippen molar-refractivity contribution in [3.05, 3.63) is 88.0 Å². The van der Waals surface area contributed by atoms with Crippen LogP contribution in [0.25, 0.3) is 0 Å². The molecule has 4 nitrogen and oxygen atoms in total. The highest BCUT2D eigenvalue weighted by molar-refractivity contribution is 6.03. The summed E-state index contributed by atoms with van der Waals surface area (Å²) < 4.78 is 20.6. The SMILES string of the molecule is Cc1ccc2c(c1)C1(N=C(N)c3ccccc31)c1cc(C)nc(F)c1O2. The van der Waals surface area contributed by atoms with Crippen molar-refractivity contribution >= 4 is 5.84 Å². The van der Waals surface area contributed by atoms with Crippen LogP contribution in [0.1, 0.15) is 33.5 Å². The van der Waals surface area contributed by atoms with Crippen LogP contribution in [-0.2, 0) is 5.54 Å². The normalized spacial score (nSPS) is 19.4. The van der Waals surface area contributed by atoms with Gasteiger partial charge in [-0.05, 0) is 37.6 Å². The summed E-state index contributed by atoms with van der Waals surface area (Å²) in [5, 5.41) is 0. The second kappa shape index (κ2) is 4.91. The van der Waals surface area contributed by atoms with Gasteiger partial charge >= 0.3 is 0 Å². The van der Waals surface area contributed by atoms with Crippen LogP contribution in [0.2, 0.25) is 0 Å². The number of aliphatic imine (C=N–C) groups is 1. The molecule has 2 aliphatic heterocycles. The third kappa shape index (κ3) is 1.77. The number of fused-ring (bicyclic) bond motifs is 6. The predicted molar refractivity (Wildman–Crippen MR) is 97.2 cm³/mol. The Kier molecular flexibility index (Phi) is 2.85. The van der Waals surface area contributed by atoms with Crippen molar-refractivity contribution in [1.29, 1.82) is 0 Å². The summed E-state index contributed by atoms with van der Waals surface area (Å²) in [5.41, 5.74) is 10.3. The summed E-state index contributed by atoms with van der Waals surface area (Å²) in [6, 6.07) is 15.5. The summed E-state index contributed by atoms with van der Waals surface area (Å²) in [7, 11) is 0. The highest BCUT2D eigenvalue weighted by atomic mass is 19.1. The first-order chi connectivity index (χ1) is 12.5. The third-order valence-corrected chi connectivity index (χ3v) is 5.07. The molecule has 3 aromatic rings. The molecule has 1 aromatic heterocycles. The average molecular weight is 345 g/mol. The molecule has 1 unspecified atom stereocenters. The van der Waals surface area contributed by atoms with Crippen LogP contribution in [-0.4, -0.2) is 10.8 Å². The molecule has 2 aliphatic rings. The molecular formula is C21H16FN3O. The van der Waals surface area contributed by atoms with Crippen molar-refractivity contribution in [1.82, 2.24) is 4.98 Å². The predicted octanol–water partition coefficient (Wildman–Crippen LogP) is 3.95. The largest absolute Gasteiger partial charge is 0.452 e. The maximum atomic E-state index is 14.7. The number of benzene rings is 2. The van der Waals surface area contributed by atoms with Gasteiger partial charge in [-0.2, -0.15) is 4.39 Å². The van der Waals surface area contributed by atoms with Crippen LogP contribution in [0.5, 0.6) is 11.5 Å². The second-order valence-electron chi connectivity index (χ2n) is 6.79. The Morgan fingerprint density at radius 3 is 2.65 bits per heavy atom. The summed E-state index contributed by atoms with van der Waals surface area (Å²) in [4.78, 5) is 8.81. The number of halogens is 1. The molecule has 5 rings (SSSR count). The van der Waals surface area contributed by atoms with Gasteiger partial charge in [0.05, 0.1) is 0 Å². The van der Waals surface area contributed by atoms with Gasteiger partial charge in [0.2, 0.25) is 0 Å². The number of amidine groups is 1. The Labute approximate surface area is 150 Å². The van der Waals surface area contributed by atoms with E-state index in [0.29, 0.717) is 22.8 Å². The van der Waals surface area contributed by atoms with Crippen LogP contribution < -0.4 is 10.5 Å². The number of hydrogen-bond donors (Lipinski definition) is 1. The first-order valence-corrected chi connectivity index (χ1v) is 8.42. The van der Waals surface area contributed by atoms with Crippen molar-refractivity contribution in [3.63, 3.8) is 0 Å². The minimum atomic E-state index is -0.926. The second-order valence-corrected chi connectivity index (χ2v) is 6.79. The fourth-order valence-corrected chi connectivity index (χ4v) is 3.99. The van der Waals surface area contributed by atoms with E-state index in [1.165, 1.54) is 0 Å². The molecule has 0 saturated carbocycles. The molecular weight excluding hydrogens is 329 g/mol. The fraction of sp³-hybridized carbons (Fsp3) is 0.143. The topological polar surface area (TPSA) is 60.5 Å². The van der Waals surface area contributed by atoms with Crippen molar-refractivity contribution in [3.8, 4) is 11.5 Å². The Morgan fingerprint density at radius 1 is 1.00 bits per heavy atom. The Morgan fingerprint density at radius 2 is 1.81 bits per heavy atom. The van der Waals surface area contributed by atoms with Gasteiger partial charge in [-0.25, -0.2) is 9.98 Å². The van der Waals surface area contributed by atoms with E-state index < -0.39 is 11.5 Å². The molecule has 2 aromatic carbocycles. The highest BCUT2D eigenvalue weighted by Crippen LogP contribution is 2.55. The maximum absolute atomic E-state index is 14.7. The molecule has 0 saturated heterocycles. The number of aromatic nitrogens is 1. The van der Waals surface area contributed by atoms with Crippen molar-refractivity contribution in [2.45, 2.75) is 19.4 Å². The first-order valence-electron chi connectivity index (χ1n) is 8.42. The smallest absolute Gasteiger partial charge is 0.256 e. The van der Waals surface area contributed by atoms with Gasteiger partial charge in [0.1, 0.15) is 17.1 Å². The van der Waals surface area contributed by atoms with Crippen LogP contribution in [0.4, 0.5) is 4.39 Å². The van der Waals surface area contributed by atoms with E-state index in [1.807, 2.05) is 55.5 Å². The van der Waals surface area contributed by atoms with Gasteiger partial charge < -0.3 is 10.5 Å². The lowest BCUT2D eigenvalue weighted by atomic mass is 9.75. The van der Waals surface area contributed by atoms with Crippen LogP contribution in [0.3, 0.4) is 0 Å². The molecule has 0 radical (unpaired) electrons. The molecule has 128 valence electrons. The Balaban J connectivity index is 1.97. The minimum absolute atomic E-state index is 0.111. The molecule has 3 heterocycles. The maximum Gasteiger partial charge on any atom is 0.256 e. The summed E-state index contributed by atoms with van der Waals surface area (Å²) in [6.45, 7) is 3.77. The van der Waals surface area contributed by atoms with Gasteiger partial charge in [-0.15, -0.1) is 0 Å². The quantitative estimate of drug-likeness (QED) is 0.628. The Bertz CT molecular complexity index is 1120. The van der Waals surface area contributed by atoms with E-state index in [1.54, 1.807) is 6.92 Å². The van der Waals surface area contributed by atoms with Gasteiger partial charge in [0.15, 0.2) is 5.75 Å². The lowest BCUT2D eigenvalue weighted by Gasteiger charge is -2.36. The summed E-state index contributed by atoms with van der Waals surface area (Å²) in [5.74, 6) is 0.487. The van der Waals surface area contributed by atoms with E-state index in [2.05, 4.69) is 4.98 Å². The molecule has 0 amide bonds. The zero-order valence-electron chi connectivity index (χ0n) is 14.4. The van der Waals surface area contributed by atoms with E-state index in [4.69, 9.17) is 15.5 Å². The number of rotatable bonds is 0. The summed E-state index contributed by atoms with van der Waals surface area (Å²) >= 11 is 0. The summed E-state index contributed by atoms with van der Waals surface area (Å²) in [6.07, 6.45) is 0. The van der Waals surface area contributed by atoms with Crippen LogP contribution >= 0.6 is 0 Å². The van der Waals surface area contributed by atoms with E-state index >= 15 is 0 Å². The lowest BCUT2D eigenvalue weighted by molar-refractivity contribution is 0.384. The van der Waals surface area contributed by atoms with Crippen molar-refractivity contribution in [2.75, 3.05) is 0 Å². The monoisotopic (exact) mass is 345 g/mol. The molecule has 0 bridgehead atoms. The number of ether oxygens (including phenoxy) is 1. The van der Waals surface area contributed by atoms with Gasteiger partial charge in [-0.3, -0.25) is 0 Å². The van der Waals surface area contributed by atoms with Crippen LogP contribution in [0.15, 0.2) is 53.5 Å². The van der Waals surface area contributed by atoms with Gasteiger partial charge in [0.25, 0.3) is 5.95 Å². The number of nitrogens with zero attached hydrogens (tertiary/aromatic N) is 2. The Hall–Kier alpha value is -3.21. The number of pyridine rings is 1. The molecule has 1 atom stereocenters. The van der Waals surface area contributed by atoms with E-state index in [0.717, 1.165) is 22.3 Å². The molecule has 5 heteroatoms. The van der Waals surface area contributed by atoms with Crippen molar-refractivity contribution < 1.29 is 9.13 Å². The molecule has 0 fully saturated rings. The van der Waals surface area contributed by atoms with Crippen molar-refractivity contribution in [2.24, 2.45) is 10.7 Å². The van der Waals surface area contributed by atoms with Gasteiger partial charge in [-0.1, -0.05) is 35.9 Å². The zero-order chi connectivity index (χ0) is 18.1. The number of hydrogen-bond acceptors (Lipinski definition) is 4. The van der Waals surface area contributed by atoms with E-state index in [-0.39, 0.29) is 5.75 Å². The highest BCUT2D eigenvalue weighted by Gasteiger charge is 2.49. The molecule has 2 N–H and O–H groups in total. The first kappa shape index (κ1) is 15.1. The van der Waals surface area contributed by atoms with E-state index in [9.17, 15) is 4.39 Å². The standard InChI is InChI=1S/C21H16FN3O/c1-11-7-8-17-15(9-11)21(14-6-4-3-5-13(14)20(23)25-21)16-10-12(2)24-19(22)18(16)26-17/h3-10H,1-2H3,(H2,23,25). The minimum Gasteiger partial charge on any atom is -0.452 e.